The zero-order valence-corrected chi connectivity index (χ0v) is 13.9. The SMILES string of the molecule is CCCCOc1c(C)cc(-c2cc(=S)ss2)cc1C. The van der Waals surface area contributed by atoms with Crippen LogP contribution in [0.3, 0.4) is 0 Å². The Morgan fingerprint density at radius 3 is 2.32 bits per heavy atom. The van der Waals surface area contributed by atoms with Crippen molar-refractivity contribution in [2.24, 2.45) is 0 Å². The van der Waals surface area contributed by atoms with E-state index in [9.17, 15) is 0 Å². The summed E-state index contributed by atoms with van der Waals surface area (Å²) in [6.45, 7) is 7.21. The minimum absolute atomic E-state index is 0.801. The van der Waals surface area contributed by atoms with Gasteiger partial charge in [-0.1, -0.05) is 46.2 Å². The van der Waals surface area contributed by atoms with Gasteiger partial charge in [0.1, 0.15) is 9.57 Å². The smallest absolute Gasteiger partial charge is 0.125 e. The first kappa shape index (κ1) is 14.7. The van der Waals surface area contributed by atoms with E-state index in [1.54, 1.807) is 20.7 Å². The van der Waals surface area contributed by atoms with Crippen LogP contribution in [0.15, 0.2) is 18.2 Å². The van der Waals surface area contributed by atoms with Crippen LogP contribution in [0.25, 0.3) is 10.4 Å². The van der Waals surface area contributed by atoms with Gasteiger partial charge in [0, 0.05) is 4.88 Å². The average molecular weight is 311 g/mol. The first-order valence-electron chi connectivity index (χ1n) is 6.46. The first-order chi connectivity index (χ1) is 9.11. The molecule has 1 aromatic heterocycles. The molecule has 0 unspecified atom stereocenters. The number of aryl methyl sites for hydroxylation is 2. The number of hydrogen-bond acceptors (Lipinski definition) is 4. The molecular formula is C15H18OS3. The van der Waals surface area contributed by atoms with Gasteiger partial charge in [-0.15, -0.1) is 0 Å². The Morgan fingerprint density at radius 1 is 1.11 bits per heavy atom. The van der Waals surface area contributed by atoms with Crippen LogP contribution in [0.1, 0.15) is 30.9 Å². The van der Waals surface area contributed by atoms with E-state index in [0.717, 1.165) is 29.0 Å². The van der Waals surface area contributed by atoms with Gasteiger partial charge in [-0.05, 0) is 55.2 Å². The molecule has 0 atom stereocenters. The maximum Gasteiger partial charge on any atom is 0.125 e. The number of benzene rings is 1. The fourth-order valence-corrected chi connectivity index (χ4v) is 4.40. The summed E-state index contributed by atoms with van der Waals surface area (Å²) in [6, 6.07) is 6.47. The van der Waals surface area contributed by atoms with E-state index < -0.39 is 0 Å². The zero-order valence-electron chi connectivity index (χ0n) is 11.5. The van der Waals surface area contributed by atoms with Crippen molar-refractivity contribution in [3.8, 4) is 16.2 Å². The van der Waals surface area contributed by atoms with Gasteiger partial charge >= 0.3 is 0 Å². The van der Waals surface area contributed by atoms with E-state index in [1.165, 1.54) is 21.6 Å². The van der Waals surface area contributed by atoms with Crippen LogP contribution >= 0.6 is 32.9 Å². The minimum atomic E-state index is 0.801. The van der Waals surface area contributed by atoms with E-state index in [1.807, 2.05) is 0 Å². The third-order valence-corrected chi connectivity index (χ3v) is 5.86. The van der Waals surface area contributed by atoms with E-state index in [2.05, 4.69) is 39.0 Å². The molecule has 0 amide bonds. The Hall–Kier alpha value is -0.710. The highest BCUT2D eigenvalue weighted by Crippen LogP contribution is 2.34. The van der Waals surface area contributed by atoms with Crippen molar-refractivity contribution >= 4 is 32.9 Å². The topological polar surface area (TPSA) is 9.23 Å². The van der Waals surface area contributed by atoms with Crippen molar-refractivity contribution in [3.05, 3.63) is 33.1 Å². The molecule has 2 rings (SSSR count). The fraction of sp³-hybridized carbons (Fsp3) is 0.400. The molecule has 4 heteroatoms. The van der Waals surface area contributed by atoms with Gasteiger partial charge in [0.15, 0.2) is 0 Å². The molecule has 0 N–H and O–H groups in total. The summed E-state index contributed by atoms with van der Waals surface area (Å²) in [6.07, 6.45) is 2.26. The maximum atomic E-state index is 5.89. The van der Waals surface area contributed by atoms with Gasteiger partial charge in [-0.25, -0.2) is 0 Å². The summed E-state index contributed by atoms with van der Waals surface area (Å²) >= 11 is 5.20. The molecule has 0 aliphatic carbocycles. The largest absolute Gasteiger partial charge is 0.493 e. The van der Waals surface area contributed by atoms with Crippen molar-refractivity contribution in [2.45, 2.75) is 33.6 Å². The zero-order chi connectivity index (χ0) is 13.8. The molecule has 0 saturated heterocycles. The molecule has 0 fully saturated rings. The lowest BCUT2D eigenvalue weighted by Crippen LogP contribution is -2.00. The standard InChI is InChI=1S/C15H18OS3/c1-4-5-6-16-15-10(2)7-12(8-11(15)3)13-9-14(17)19-18-13/h7-9H,4-6H2,1-3H3. The predicted octanol–water partition coefficient (Wildman–Crippen LogP) is 6.00. The lowest BCUT2D eigenvalue weighted by atomic mass is 10.0. The Labute approximate surface area is 127 Å². The molecule has 0 bridgehead atoms. The monoisotopic (exact) mass is 310 g/mol. The highest BCUT2D eigenvalue weighted by Gasteiger charge is 2.09. The van der Waals surface area contributed by atoms with Crippen molar-refractivity contribution in [3.63, 3.8) is 0 Å². The molecule has 1 heterocycles. The van der Waals surface area contributed by atoms with Crippen LogP contribution in [0.4, 0.5) is 0 Å². The van der Waals surface area contributed by atoms with E-state index in [-0.39, 0.29) is 0 Å². The molecule has 102 valence electrons. The second kappa shape index (κ2) is 6.64. The van der Waals surface area contributed by atoms with Crippen molar-refractivity contribution in [2.75, 3.05) is 6.61 Å². The summed E-state index contributed by atoms with van der Waals surface area (Å²) in [5, 5.41) is 0. The summed E-state index contributed by atoms with van der Waals surface area (Å²) in [5.41, 5.74) is 3.65. The summed E-state index contributed by atoms with van der Waals surface area (Å²) in [4.78, 5) is 1.25. The quantitative estimate of drug-likeness (QED) is 0.380. The van der Waals surface area contributed by atoms with Crippen LogP contribution in [0, 0.1) is 17.7 Å². The van der Waals surface area contributed by atoms with Gasteiger partial charge in [0.25, 0.3) is 0 Å². The molecule has 0 saturated carbocycles. The molecule has 0 spiro atoms. The molecule has 0 aliphatic rings. The number of unbranched alkanes of at least 4 members (excludes halogenated alkanes) is 1. The highest BCUT2D eigenvalue weighted by molar-refractivity contribution is 7.80. The summed E-state index contributed by atoms with van der Waals surface area (Å²) in [5.74, 6) is 1.04. The molecule has 0 aliphatic heterocycles. The molecule has 2 aromatic rings. The molecule has 1 nitrogen and oxygen atoms in total. The summed E-state index contributed by atoms with van der Waals surface area (Å²) < 4.78 is 6.85. The third-order valence-electron chi connectivity index (χ3n) is 2.95. The minimum Gasteiger partial charge on any atom is -0.493 e. The molecular weight excluding hydrogens is 292 g/mol. The lowest BCUT2D eigenvalue weighted by molar-refractivity contribution is 0.305. The molecule has 0 radical (unpaired) electrons. The van der Waals surface area contributed by atoms with Crippen LogP contribution in [-0.4, -0.2) is 6.61 Å². The van der Waals surface area contributed by atoms with Gasteiger partial charge in [0.05, 0.1) is 6.61 Å². The molecule has 19 heavy (non-hydrogen) atoms. The third kappa shape index (κ3) is 3.65. The normalized spacial score (nSPS) is 10.7. The van der Waals surface area contributed by atoms with Crippen LogP contribution < -0.4 is 4.74 Å². The van der Waals surface area contributed by atoms with Gasteiger partial charge in [-0.2, -0.15) is 0 Å². The Kier molecular flexibility index (Phi) is 5.13. The highest BCUT2D eigenvalue weighted by atomic mass is 32.9. The second-order valence-corrected chi connectivity index (χ2v) is 7.55. The van der Waals surface area contributed by atoms with E-state index in [0.29, 0.717) is 0 Å². The van der Waals surface area contributed by atoms with Crippen LogP contribution in [0.5, 0.6) is 5.75 Å². The summed E-state index contributed by atoms with van der Waals surface area (Å²) in [7, 11) is 3.40. The van der Waals surface area contributed by atoms with E-state index >= 15 is 0 Å². The Bertz CT molecular complexity index is 587. The van der Waals surface area contributed by atoms with Gasteiger partial charge in [-0.3, -0.25) is 0 Å². The van der Waals surface area contributed by atoms with E-state index in [4.69, 9.17) is 17.0 Å². The fourth-order valence-electron chi connectivity index (χ4n) is 2.01. The Morgan fingerprint density at radius 2 is 1.79 bits per heavy atom. The second-order valence-electron chi connectivity index (χ2n) is 4.64. The first-order valence-corrected chi connectivity index (χ1v) is 9.02. The predicted molar refractivity (Wildman–Crippen MR) is 88.3 cm³/mol. The average Bonchev–Trinajstić information content (AvgIpc) is 2.79. The number of ether oxygens (including phenoxy) is 1. The number of rotatable bonds is 5. The van der Waals surface area contributed by atoms with Crippen molar-refractivity contribution in [1.29, 1.82) is 0 Å². The number of hydrogen-bond donors (Lipinski definition) is 0. The van der Waals surface area contributed by atoms with Crippen molar-refractivity contribution < 1.29 is 4.74 Å². The van der Waals surface area contributed by atoms with Gasteiger partial charge < -0.3 is 4.74 Å². The lowest BCUT2D eigenvalue weighted by Gasteiger charge is -2.13. The molecule has 1 aromatic carbocycles. The Balaban J connectivity index is 2.28. The van der Waals surface area contributed by atoms with Crippen LogP contribution in [0.2, 0.25) is 0 Å². The van der Waals surface area contributed by atoms with Crippen LogP contribution in [-0.2, 0) is 0 Å². The maximum absolute atomic E-state index is 5.89. The van der Waals surface area contributed by atoms with Crippen molar-refractivity contribution in [1.82, 2.24) is 0 Å². The van der Waals surface area contributed by atoms with Gasteiger partial charge in [0.2, 0.25) is 0 Å².